The molecule has 0 aliphatic carbocycles. The quantitative estimate of drug-likeness (QED) is 0.873. The van der Waals surface area contributed by atoms with E-state index in [2.05, 4.69) is 23.9 Å². The zero-order chi connectivity index (χ0) is 15.6. The van der Waals surface area contributed by atoms with Crippen LogP contribution in [0.25, 0.3) is 0 Å². The molecule has 0 aromatic carbocycles. The molecule has 2 aromatic rings. The van der Waals surface area contributed by atoms with Crippen LogP contribution in [0, 0.1) is 6.92 Å². The van der Waals surface area contributed by atoms with E-state index in [1.54, 1.807) is 11.5 Å². The third kappa shape index (κ3) is 3.51. The summed E-state index contributed by atoms with van der Waals surface area (Å²) in [5.41, 5.74) is 0.864. The molecule has 0 fully saturated rings. The van der Waals surface area contributed by atoms with Gasteiger partial charge in [-0.05, 0) is 25.8 Å². The van der Waals surface area contributed by atoms with Crippen LogP contribution in [0.5, 0.6) is 0 Å². The van der Waals surface area contributed by atoms with Crippen molar-refractivity contribution < 1.29 is 8.42 Å². The number of nitrogens with zero attached hydrogens (tertiary/aromatic N) is 4. The molecule has 2 heterocycles. The lowest BCUT2D eigenvalue weighted by Crippen LogP contribution is -2.12. The molecule has 0 saturated carbocycles. The molecule has 0 bridgehead atoms. The average Bonchev–Trinajstić information content (AvgIpc) is 2.99. The third-order valence-electron chi connectivity index (χ3n) is 3.56. The van der Waals surface area contributed by atoms with Crippen LogP contribution in [-0.2, 0) is 16.6 Å². The first-order valence-corrected chi connectivity index (χ1v) is 8.50. The second-order valence-corrected chi connectivity index (χ2v) is 6.56. The monoisotopic (exact) mass is 311 g/mol. The van der Waals surface area contributed by atoms with Crippen molar-refractivity contribution in [2.75, 3.05) is 0 Å². The van der Waals surface area contributed by atoms with Gasteiger partial charge in [-0.15, -0.1) is 0 Å². The van der Waals surface area contributed by atoms with Crippen molar-refractivity contribution in [2.45, 2.75) is 51.2 Å². The molecule has 0 atom stereocenters. The summed E-state index contributed by atoms with van der Waals surface area (Å²) >= 11 is 0. The van der Waals surface area contributed by atoms with E-state index in [4.69, 9.17) is 5.14 Å². The molecule has 0 spiro atoms. The lowest BCUT2D eigenvalue weighted by atomic mass is 10.2. The van der Waals surface area contributed by atoms with Crippen molar-refractivity contribution in [3.63, 3.8) is 0 Å². The zero-order valence-electron chi connectivity index (χ0n) is 12.5. The van der Waals surface area contributed by atoms with Crippen LogP contribution in [0.15, 0.2) is 23.5 Å². The molecular formula is C13H21N5O2S. The van der Waals surface area contributed by atoms with Crippen molar-refractivity contribution in [3.8, 4) is 0 Å². The molecular weight excluding hydrogens is 290 g/mol. The molecule has 0 aliphatic rings. The van der Waals surface area contributed by atoms with E-state index >= 15 is 0 Å². The van der Waals surface area contributed by atoms with Gasteiger partial charge in [-0.25, -0.2) is 18.5 Å². The number of imidazole rings is 1. The molecule has 0 saturated heterocycles. The van der Waals surface area contributed by atoms with Crippen LogP contribution in [-0.4, -0.2) is 27.7 Å². The van der Waals surface area contributed by atoms with E-state index in [9.17, 15) is 8.42 Å². The van der Waals surface area contributed by atoms with E-state index in [1.165, 1.54) is 6.20 Å². The fourth-order valence-electron chi connectivity index (χ4n) is 2.28. The summed E-state index contributed by atoms with van der Waals surface area (Å²) in [7, 11) is -3.77. The predicted octanol–water partition coefficient (Wildman–Crippen LogP) is 1.44. The minimum atomic E-state index is -3.77. The Hall–Kier alpha value is -1.67. The van der Waals surface area contributed by atoms with Gasteiger partial charge in [-0.1, -0.05) is 13.8 Å². The van der Waals surface area contributed by atoms with E-state index < -0.39 is 10.0 Å². The van der Waals surface area contributed by atoms with Crippen LogP contribution in [0.2, 0.25) is 0 Å². The maximum atomic E-state index is 11.3. The summed E-state index contributed by atoms with van der Waals surface area (Å²) in [4.78, 5) is 3.97. The van der Waals surface area contributed by atoms with Gasteiger partial charge in [-0.3, -0.25) is 4.68 Å². The van der Waals surface area contributed by atoms with Crippen molar-refractivity contribution in [1.82, 2.24) is 19.3 Å². The number of primary sulfonamides is 1. The van der Waals surface area contributed by atoms with Gasteiger partial charge < -0.3 is 4.57 Å². The Morgan fingerprint density at radius 3 is 2.52 bits per heavy atom. The number of aromatic nitrogens is 4. The normalized spacial score (nSPS) is 12.2. The summed E-state index contributed by atoms with van der Waals surface area (Å²) < 4.78 is 26.3. The standard InChI is InChI=1S/C13H21N5O2S/c1-4-12(5-2)18-7-6-11(16-18)8-17-9-13(15-10(17)3)21(14,19)20/h6-7,9,12H,4-5,8H2,1-3H3,(H2,14,19,20). The van der Waals surface area contributed by atoms with Gasteiger partial charge >= 0.3 is 0 Å². The maximum Gasteiger partial charge on any atom is 0.257 e. The number of hydrogen-bond donors (Lipinski definition) is 1. The Kier molecular flexibility index (Phi) is 4.48. The minimum absolute atomic E-state index is 0.112. The summed E-state index contributed by atoms with van der Waals surface area (Å²) in [6.07, 6.45) is 5.45. The van der Waals surface area contributed by atoms with Crippen LogP contribution < -0.4 is 5.14 Å². The van der Waals surface area contributed by atoms with Gasteiger partial charge in [0.1, 0.15) is 5.82 Å². The number of rotatable bonds is 6. The fourth-order valence-corrected chi connectivity index (χ4v) is 2.81. The van der Waals surface area contributed by atoms with Gasteiger partial charge in [0, 0.05) is 12.4 Å². The van der Waals surface area contributed by atoms with E-state index in [0.29, 0.717) is 18.4 Å². The molecule has 21 heavy (non-hydrogen) atoms. The third-order valence-corrected chi connectivity index (χ3v) is 4.34. The Bertz CT molecular complexity index is 713. The Morgan fingerprint density at radius 2 is 2.00 bits per heavy atom. The zero-order valence-corrected chi connectivity index (χ0v) is 13.3. The molecule has 2 N–H and O–H groups in total. The molecule has 0 unspecified atom stereocenters. The number of nitrogens with two attached hydrogens (primary N) is 1. The smallest absolute Gasteiger partial charge is 0.257 e. The van der Waals surface area contributed by atoms with Crippen LogP contribution in [0.1, 0.15) is 44.2 Å². The largest absolute Gasteiger partial charge is 0.328 e. The molecule has 0 amide bonds. The molecule has 0 aliphatic heterocycles. The molecule has 116 valence electrons. The Morgan fingerprint density at radius 1 is 1.33 bits per heavy atom. The highest BCUT2D eigenvalue weighted by Gasteiger charge is 2.15. The predicted molar refractivity (Wildman–Crippen MR) is 79.3 cm³/mol. The Balaban J connectivity index is 2.21. The van der Waals surface area contributed by atoms with Crippen molar-refractivity contribution >= 4 is 10.0 Å². The highest BCUT2D eigenvalue weighted by Crippen LogP contribution is 2.15. The van der Waals surface area contributed by atoms with E-state index in [-0.39, 0.29) is 5.03 Å². The first-order valence-electron chi connectivity index (χ1n) is 6.95. The van der Waals surface area contributed by atoms with Crippen molar-refractivity contribution in [1.29, 1.82) is 0 Å². The van der Waals surface area contributed by atoms with Gasteiger partial charge in [-0.2, -0.15) is 5.10 Å². The lowest BCUT2D eigenvalue weighted by Gasteiger charge is -2.12. The van der Waals surface area contributed by atoms with Crippen LogP contribution in [0.4, 0.5) is 0 Å². The van der Waals surface area contributed by atoms with Gasteiger partial charge in [0.15, 0.2) is 5.03 Å². The topological polar surface area (TPSA) is 95.8 Å². The summed E-state index contributed by atoms with van der Waals surface area (Å²) in [6, 6.07) is 2.33. The summed E-state index contributed by atoms with van der Waals surface area (Å²) in [5.74, 6) is 0.594. The summed E-state index contributed by atoms with van der Waals surface area (Å²) in [6.45, 7) is 6.48. The molecule has 2 aromatic heterocycles. The highest BCUT2D eigenvalue weighted by molar-refractivity contribution is 7.89. The average molecular weight is 311 g/mol. The molecule has 0 radical (unpaired) electrons. The lowest BCUT2D eigenvalue weighted by molar-refractivity contribution is 0.424. The van der Waals surface area contributed by atoms with Crippen molar-refractivity contribution in [2.24, 2.45) is 5.14 Å². The fraction of sp³-hybridized carbons (Fsp3) is 0.538. The minimum Gasteiger partial charge on any atom is -0.328 e. The Labute approximate surface area is 124 Å². The van der Waals surface area contributed by atoms with Crippen LogP contribution >= 0.6 is 0 Å². The van der Waals surface area contributed by atoms with E-state index in [0.717, 1.165) is 18.5 Å². The van der Waals surface area contributed by atoms with Gasteiger partial charge in [0.2, 0.25) is 0 Å². The number of sulfonamides is 1. The van der Waals surface area contributed by atoms with E-state index in [1.807, 2.05) is 16.9 Å². The highest BCUT2D eigenvalue weighted by atomic mass is 32.2. The first-order chi connectivity index (χ1) is 9.85. The summed E-state index contributed by atoms with van der Waals surface area (Å²) in [5, 5.41) is 9.52. The second kappa shape index (κ2) is 5.98. The maximum absolute atomic E-state index is 11.3. The van der Waals surface area contributed by atoms with Gasteiger partial charge in [0.05, 0.1) is 18.3 Å². The van der Waals surface area contributed by atoms with Gasteiger partial charge in [0.25, 0.3) is 10.0 Å². The number of aryl methyl sites for hydroxylation is 1. The molecule has 8 heteroatoms. The second-order valence-electron chi connectivity index (χ2n) is 5.06. The molecule has 2 rings (SSSR count). The van der Waals surface area contributed by atoms with Crippen LogP contribution in [0.3, 0.4) is 0 Å². The first kappa shape index (κ1) is 15.7. The number of hydrogen-bond acceptors (Lipinski definition) is 4. The SMILES string of the molecule is CCC(CC)n1ccc(Cn2cc(S(N)(=O)=O)nc2C)n1. The van der Waals surface area contributed by atoms with Crippen molar-refractivity contribution in [3.05, 3.63) is 30.0 Å². The molecule has 7 nitrogen and oxygen atoms in total.